The van der Waals surface area contributed by atoms with Crippen molar-refractivity contribution in [3.63, 3.8) is 0 Å². The first-order valence-electron chi connectivity index (χ1n) is 6.60. The Balaban J connectivity index is 1.93. The first-order valence-corrected chi connectivity index (χ1v) is 6.60. The summed E-state index contributed by atoms with van der Waals surface area (Å²) in [6, 6.07) is 12.5. The highest BCUT2D eigenvalue weighted by Crippen LogP contribution is 2.26. The van der Waals surface area contributed by atoms with Crippen LogP contribution in [-0.4, -0.2) is 16.5 Å². The summed E-state index contributed by atoms with van der Waals surface area (Å²) in [7, 11) is 0. The van der Waals surface area contributed by atoms with Crippen LogP contribution in [0.5, 0.6) is 0 Å². The molecule has 2 aromatic heterocycles. The summed E-state index contributed by atoms with van der Waals surface area (Å²) in [5, 5.41) is 1.21. The van der Waals surface area contributed by atoms with Crippen LogP contribution >= 0.6 is 0 Å². The van der Waals surface area contributed by atoms with E-state index in [1.165, 1.54) is 10.9 Å². The van der Waals surface area contributed by atoms with E-state index in [4.69, 9.17) is 5.73 Å². The molecule has 0 fully saturated rings. The molecule has 0 saturated carbocycles. The minimum absolute atomic E-state index is 0.726. The molecule has 0 aliphatic rings. The number of hydrogen-bond acceptors (Lipinski definition) is 2. The van der Waals surface area contributed by atoms with Crippen LogP contribution in [0.25, 0.3) is 22.2 Å². The molecule has 0 unspecified atom stereocenters. The quantitative estimate of drug-likeness (QED) is 0.748. The summed E-state index contributed by atoms with van der Waals surface area (Å²) in [5.74, 6) is 0. The summed E-state index contributed by atoms with van der Waals surface area (Å²) in [4.78, 5) is 7.84. The normalized spacial score (nSPS) is 11.0. The van der Waals surface area contributed by atoms with Gasteiger partial charge in [-0.25, -0.2) is 0 Å². The van der Waals surface area contributed by atoms with E-state index in [2.05, 4.69) is 40.3 Å². The van der Waals surface area contributed by atoms with Crippen LogP contribution in [0.3, 0.4) is 0 Å². The predicted octanol–water partition coefficient (Wildman–Crippen LogP) is 3.12. The van der Waals surface area contributed by atoms with Gasteiger partial charge >= 0.3 is 0 Å². The van der Waals surface area contributed by atoms with Gasteiger partial charge in [-0.3, -0.25) is 4.98 Å². The standard InChI is InChI=1S/C16H17N3/c17-9-3-4-12-7-8-16(18-10-12)14-11-19-15-6-2-1-5-13(14)15/h1-2,5-8,10-11,19H,3-4,9,17H2. The molecular weight excluding hydrogens is 234 g/mol. The molecule has 0 saturated heterocycles. The number of hydrogen-bond donors (Lipinski definition) is 2. The molecular formula is C16H17N3. The van der Waals surface area contributed by atoms with Crippen LogP contribution in [0.1, 0.15) is 12.0 Å². The topological polar surface area (TPSA) is 54.7 Å². The second kappa shape index (κ2) is 5.24. The van der Waals surface area contributed by atoms with Crippen molar-refractivity contribution in [3.8, 4) is 11.3 Å². The van der Waals surface area contributed by atoms with Crippen molar-refractivity contribution < 1.29 is 0 Å². The molecule has 96 valence electrons. The lowest BCUT2D eigenvalue weighted by Crippen LogP contribution is -2.00. The Bertz CT molecular complexity index is 668. The number of aromatic amines is 1. The maximum Gasteiger partial charge on any atom is 0.0723 e. The van der Waals surface area contributed by atoms with E-state index in [0.29, 0.717) is 0 Å². The number of nitrogens with one attached hydrogen (secondary N) is 1. The number of para-hydroxylation sites is 1. The van der Waals surface area contributed by atoms with E-state index < -0.39 is 0 Å². The highest BCUT2D eigenvalue weighted by atomic mass is 14.7. The third-order valence-corrected chi connectivity index (χ3v) is 3.36. The second-order valence-corrected chi connectivity index (χ2v) is 4.69. The lowest BCUT2D eigenvalue weighted by Gasteiger charge is -2.02. The van der Waals surface area contributed by atoms with Crippen LogP contribution in [0.2, 0.25) is 0 Å². The molecule has 0 amide bonds. The summed E-state index contributed by atoms with van der Waals surface area (Å²) in [6.07, 6.45) is 5.98. The molecule has 3 nitrogen and oxygen atoms in total. The Morgan fingerprint density at radius 2 is 2.00 bits per heavy atom. The van der Waals surface area contributed by atoms with Gasteiger partial charge in [0.2, 0.25) is 0 Å². The van der Waals surface area contributed by atoms with Crippen molar-refractivity contribution in [1.29, 1.82) is 0 Å². The van der Waals surface area contributed by atoms with Crippen LogP contribution in [0.4, 0.5) is 0 Å². The molecule has 0 atom stereocenters. The summed E-state index contributed by atoms with van der Waals surface area (Å²) in [5.41, 5.74) is 10.1. The Morgan fingerprint density at radius 1 is 1.11 bits per heavy atom. The number of benzene rings is 1. The first kappa shape index (κ1) is 11.9. The van der Waals surface area contributed by atoms with Gasteiger partial charge in [-0.15, -0.1) is 0 Å². The fourth-order valence-electron chi connectivity index (χ4n) is 2.32. The van der Waals surface area contributed by atoms with Crippen molar-refractivity contribution in [2.75, 3.05) is 6.54 Å². The monoisotopic (exact) mass is 251 g/mol. The molecule has 0 bridgehead atoms. The summed E-state index contributed by atoms with van der Waals surface area (Å²) < 4.78 is 0. The Kier molecular flexibility index (Phi) is 3.29. The molecule has 3 aromatic rings. The molecule has 3 heteroatoms. The SMILES string of the molecule is NCCCc1ccc(-c2c[nH]c3ccccc23)nc1. The number of rotatable bonds is 4. The Hall–Kier alpha value is -2.13. The summed E-state index contributed by atoms with van der Waals surface area (Å²) >= 11 is 0. The van der Waals surface area contributed by atoms with Gasteiger partial charge in [-0.2, -0.15) is 0 Å². The van der Waals surface area contributed by atoms with Gasteiger partial charge in [0, 0.05) is 28.9 Å². The maximum absolute atomic E-state index is 5.52. The predicted molar refractivity (Wildman–Crippen MR) is 78.9 cm³/mol. The zero-order valence-corrected chi connectivity index (χ0v) is 10.8. The molecule has 0 radical (unpaired) electrons. The van der Waals surface area contributed by atoms with Crippen LogP contribution < -0.4 is 5.73 Å². The lowest BCUT2D eigenvalue weighted by atomic mass is 10.1. The van der Waals surface area contributed by atoms with Gasteiger partial charge in [0.25, 0.3) is 0 Å². The number of nitrogens with zero attached hydrogens (tertiary/aromatic N) is 1. The highest BCUT2D eigenvalue weighted by Gasteiger charge is 2.06. The fourth-order valence-corrected chi connectivity index (χ4v) is 2.32. The molecule has 0 aliphatic heterocycles. The second-order valence-electron chi connectivity index (χ2n) is 4.69. The number of pyridine rings is 1. The molecule has 1 aromatic carbocycles. The molecule has 3 N–H and O–H groups in total. The van der Waals surface area contributed by atoms with Crippen molar-refractivity contribution in [1.82, 2.24) is 9.97 Å². The van der Waals surface area contributed by atoms with Crippen LogP contribution in [0, 0.1) is 0 Å². The number of H-pyrrole nitrogens is 1. The van der Waals surface area contributed by atoms with Crippen molar-refractivity contribution >= 4 is 10.9 Å². The van der Waals surface area contributed by atoms with E-state index in [0.717, 1.165) is 36.2 Å². The van der Waals surface area contributed by atoms with Crippen LogP contribution in [-0.2, 0) is 6.42 Å². The van der Waals surface area contributed by atoms with Crippen LogP contribution in [0.15, 0.2) is 48.8 Å². The Morgan fingerprint density at radius 3 is 2.79 bits per heavy atom. The zero-order chi connectivity index (χ0) is 13.1. The van der Waals surface area contributed by atoms with Gasteiger partial charge < -0.3 is 10.7 Å². The van der Waals surface area contributed by atoms with E-state index in [-0.39, 0.29) is 0 Å². The van der Waals surface area contributed by atoms with Gasteiger partial charge in [0.15, 0.2) is 0 Å². The molecule has 0 aliphatic carbocycles. The zero-order valence-electron chi connectivity index (χ0n) is 10.8. The van der Waals surface area contributed by atoms with E-state index >= 15 is 0 Å². The first-order chi connectivity index (χ1) is 9.38. The van der Waals surface area contributed by atoms with Crippen molar-refractivity contribution in [2.24, 2.45) is 5.73 Å². The minimum atomic E-state index is 0.726. The third kappa shape index (κ3) is 2.37. The minimum Gasteiger partial charge on any atom is -0.360 e. The van der Waals surface area contributed by atoms with Gasteiger partial charge in [-0.05, 0) is 37.1 Å². The largest absolute Gasteiger partial charge is 0.360 e. The molecule has 3 rings (SSSR count). The average Bonchev–Trinajstić information content (AvgIpc) is 2.90. The number of nitrogens with two attached hydrogens (primary N) is 1. The molecule has 2 heterocycles. The van der Waals surface area contributed by atoms with Crippen molar-refractivity contribution in [3.05, 3.63) is 54.4 Å². The lowest BCUT2D eigenvalue weighted by molar-refractivity contribution is 0.829. The highest BCUT2D eigenvalue weighted by molar-refractivity contribution is 5.94. The summed E-state index contributed by atoms with van der Waals surface area (Å²) in [6.45, 7) is 0.726. The number of aromatic nitrogens is 2. The van der Waals surface area contributed by atoms with Crippen molar-refractivity contribution in [2.45, 2.75) is 12.8 Å². The average molecular weight is 251 g/mol. The number of aryl methyl sites for hydroxylation is 1. The van der Waals surface area contributed by atoms with Gasteiger partial charge in [-0.1, -0.05) is 24.3 Å². The van der Waals surface area contributed by atoms with Gasteiger partial charge in [0.1, 0.15) is 0 Å². The van der Waals surface area contributed by atoms with Gasteiger partial charge in [0.05, 0.1) is 5.69 Å². The number of fused-ring (bicyclic) bond motifs is 1. The molecule has 0 spiro atoms. The molecule has 19 heavy (non-hydrogen) atoms. The van der Waals surface area contributed by atoms with E-state index in [1.54, 1.807) is 0 Å². The third-order valence-electron chi connectivity index (χ3n) is 3.36. The Labute approximate surface area is 112 Å². The van der Waals surface area contributed by atoms with E-state index in [9.17, 15) is 0 Å². The maximum atomic E-state index is 5.52. The smallest absolute Gasteiger partial charge is 0.0723 e. The fraction of sp³-hybridized carbons (Fsp3) is 0.188. The van der Waals surface area contributed by atoms with E-state index in [1.807, 2.05) is 18.5 Å².